The first-order valence-electron chi connectivity index (χ1n) is 6.29. The molecule has 0 aliphatic heterocycles. The second kappa shape index (κ2) is 4.80. The van der Waals surface area contributed by atoms with Gasteiger partial charge >= 0.3 is 0 Å². The Balaban J connectivity index is 2.05. The fourth-order valence-electron chi connectivity index (χ4n) is 1.96. The summed E-state index contributed by atoms with van der Waals surface area (Å²) in [5.74, 6) is 0.658. The van der Waals surface area contributed by atoms with Crippen LogP contribution in [-0.4, -0.2) is 30.1 Å². The molecule has 3 rings (SSSR count). The highest BCUT2D eigenvalue weighted by Gasteiger charge is 2.10. The van der Waals surface area contributed by atoms with Crippen molar-refractivity contribution in [1.82, 2.24) is 30.1 Å². The van der Waals surface area contributed by atoms with Crippen LogP contribution >= 0.6 is 0 Å². The normalized spacial score (nSPS) is 10.8. The third kappa shape index (κ3) is 2.16. The Hall–Kier alpha value is -2.63. The van der Waals surface area contributed by atoms with Gasteiger partial charge in [-0.15, -0.1) is 0 Å². The minimum atomic E-state index is 0.658. The molecule has 0 amide bonds. The number of H-pyrrole nitrogens is 1. The van der Waals surface area contributed by atoms with Gasteiger partial charge in [0.1, 0.15) is 12.0 Å². The van der Waals surface area contributed by atoms with Crippen molar-refractivity contribution >= 4 is 0 Å². The molecule has 3 aromatic heterocycles. The molecule has 100 valence electrons. The highest BCUT2D eigenvalue weighted by atomic mass is 15.2. The van der Waals surface area contributed by atoms with Crippen molar-refractivity contribution in [2.75, 3.05) is 0 Å². The van der Waals surface area contributed by atoms with E-state index in [-0.39, 0.29) is 0 Å². The van der Waals surface area contributed by atoms with Crippen LogP contribution in [0.3, 0.4) is 0 Å². The Bertz CT molecular complexity index is 748. The molecule has 0 radical (unpaired) electrons. The van der Waals surface area contributed by atoms with Crippen LogP contribution in [0.1, 0.15) is 17.1 Å². The van der Waals surface area contributed by atoms with Crippen LogP contribution in [0.25, 0.3) is 22.8 Å². The minimum Gasteiger partial charge on any atom is -0.258 e. The average Bonchev–Trinajstić information content (AvgIpc) is 2.96. The highest BCUT2D eigenvalue weighted by molar-refractivity contribution is 5.64. The maximum atomic E-state index is 4.56. The molecule has 0 unspecified atom stereocenters. The summed E-state index contributed by atoms with van der Waals surface area (Å²) in [4.78, 5) is 17.5. The van der Waals surface area contributed by atoms with Crippen LogP contribution in [0.15, 0.2) is 24.7 Å². The number of aromatic nitrogens is 6. The van der Waals surface area contributed by atoms with E-state index in [9.17, 15) is 0 Å². The lowest BCUT2D eigenvalue weighted by Crippen LogP contribution is -1.97. The van der Waals surface area contributed by atoms with Gasteiger partial charge in [0.25, 0.3) is 0 Å². The molecule has 3 aromatic rings. The molecule has 0 saturated heterocycles. The third-order valence-electron chi connectivity index (χ3n) is 3.21. The number of hydrogen-bond acceptors (Lipinski definition) is 5. The fourth-order valence-corrected chi connectivity index (χ4v) is 1.96. The lowest BCUT2D eigenvalue weighted by molar-refractivity contribution is 1.04. The van der Waals surface area contributed by atoms with Crippen LogP contribution < -0.4 is 0 Å². The third-order valence-corrected chi connectivity index (χ3v) is 3.21. The minimum absolute atomic E-state index is 0.658. The molecule has 0 spiro atoms. The van der Waals surface area contributed by atoms with Crippen molar-refractivity contribution in [1.29, 1.82) is 0 Å². The lowest BCUT2D eigenvalue weighted by atomic mass is 10.1. The zero-order valence-corrected chi connectivity index (χ0v) is 11.5. The van der Waals surface area contributed by atoms with E-state index in [0.717, 1.165) is 34.0 Å². The summed E-state index contributed by atoms with van der Waals surface area (Å²) in [5, 5.41) is 6.64. The summed E-state index contributed by atoms with van der Waals surface area (Å²) in [5.41, 5.74) is 5.34. The van der Waals surface area contributed by atoms with Gasteiger partial charge in [0.2, 0.25) is 0 Å². The summed E-state index contributed by atoms with van der Waals surface area (Å²) >= 11 is 0. The van der Waals surface area contributed by atoms with Crippen LogP contribution in [-0.2, 0) is 0 Å². The number of aromatic amines is 1. The van der Waals surface area contributed by atoms with Crippen molar-refractivity contribution in [3.63, 3.8) is 0 Å². The van der Waals surface area contributed by atoms with Crippen molar-refractivity contribution in [3.8, 4) is 22.8 Å². The summed E-state index contributed by atoms with van der Waals surface area (Å²) in [6.07, 6.45) is 3.25. The van der Waals surface area contributed by atoms with E-state index in [1.807, 2.05) is 32.9 Å². The Morgan fingerprint density at radius 3 is 2.30 bits per heavy atom. The molecule has 6 nitrogen and oxygen atoms in total. The van der Waals surface area contributed by atoms with Crippen molar-refractivity contribution in [2.24, 2.45) is 0 Å². The van der Waals surface area contributed by atoms with E-state index >= 15 is 0 Å². The predicted molar refractivity (Wildman–Crippen MR) is 74.9 cm³/mol. The molecule has 0 bridgehead atoms. The molecule has 3 heterocycles. The number of nitrogens with one attached hydrogen (secondary N) is 1. The van der Waals surface area contributed by atoms with Gasteiger partial charge in [0.15, 0.2) is 5.82 Å². The quantitative estimate of drug-likeness (QED) is 0.769. The largest absolute Gasteiger partial charge is 0.258 e. The second-order valence-corrected chi connectivity index (χ2v) is 4.59. The molecule has 0 fully saturated rings. The van der Waals surface area contributed by atoms with Gasteiger partial charge in [-0.3, -0.25) is 10.1 Å². The Morgan fingerprint density at radius 1 is 0.850 bits per heavy atom. The van der Waals surface area contributed by atoms with Gasteiger partial charge in [-0.05, 0) is 32.9 Å². The first-order valence-corrected chi connectivity index (χ1v) is 6.29. The standard InChI is InChI=1S/C14H14N6/c1-8-9(2)18-13(6-15-8)11-4-5-12(19-10(11)3)14-16-7-17-20-14/h4-7H,1-3H3,(H,16,17,20). The van der Waals surface area contributed by atoms with Crippen molar-refractivity contribution < 1.29 is 0 Å². The maximum Gasteiger partial charge on any atom is 0.174 e. The van der Waals surface area contributed by atoms with E-state index in [2.05, 4.69) is 30.1 Å². The lowest BCUT2D eigenvalue weighted by Gasteiger charge is -2.07. The molecule has 0 aromatic carbocycles. The Morgan fingerprint density at radius 2 is 1.65 bits per heavy atom. The van der Waals surface area contributed by atoms with Gasteiger partial charge in [0, 0.05) is 11.3 Å². The maximum absolute atomic E-state index is 4.56. The van der Waals surface area contributed by atoms with Crippen molar-refractivity contribution in [3.05, 3.63) is 41.7 Å². The molecule has 6 heteroatoms. The average molecular weight is 266 g/mol. The summed E-state index contributed by atoms with van der Waals surface area (Å²) < 4.78 is 0. The molecule has 20 heavy (non-hydrogen) atoms. The number of hydrogen-bond donors (Lipinski definition) is 1. The number of rotatable bonds is 2. The van der Waals surface area contributed by atoms with Gasteiger partial charge in [-0.2, -0.15) is 5.10 Å². The fraction of sp³-hybridized carbons (Fsp3) is 0.214. The van der Waals surface area contributed by atoms with Gasteiger partial charge in [-0.1, -0.05) is 0 Å². The zero-order valence-electron chi connectivity index (χ0n) is 11.5. The Labute approximate surface area is 116 Å². The van der Waals surface area contributed by atoms with Gasteiger partial charge in [0.05, 0.1) is 23.3 Å². The summed E-state index contributed by atoms with van der Waals surface area (Å²) in [6, 6.07) is 3.89. The summed E-state index contributed by atoms with van der Waals surface area (Å²) in [6.45, 7) is 5.85. The smallest absolute Gasteiger partial charge is 0.174 e. The predicted octanol–water partition coefficient (Wildman–Crippen LogP) is 2.25. The van der Waals surface area contributed by atoms with E-state index in [0.29, 0.717) is 5.82 Å². The second-order valence-electron chi connectivity index (χ2n) is 4.59. The van der Waals surface area contributed by atoms with Gasteiger partial charge in [-0.25, -0.2) is 15.0 Å². The number of pyridine rings is 1. The molecule has 0 saturated carbocycles. The SMILES string of the molecule is Cc1nc(-c2ncn[nH]2)ccc1-c1cnc(C)c(C)n1. The van der Waals surface area contributed by atoms with Gasteiger partial charge < -0.3 is 0 Å². The first-order chi connectivity index (χ1) is 9.65. The summed E-state index contributed by atoms with van der Waals surface area (Å²) in [7, 11) is 0. The molecular formula is C14H14N6. The zero-order chi connectivity index (χ0) is 14.1. The highest BCUT2D eigenvalue weighted by Crippen LogP contribution is 2.23. The molecular weight excluding hydrogens is 252 g/mol. The monoisotopic (exact) mass is 266 g/mol. The molecule has 0 aliphatic carbocycles. The van der Waals surface area contributed by atoms with E-state index in [4.69, 9.17) is 0 Å². The first kappa shape index (κ1) is 12.4. The topological polar surface area (TPSA) is 80.2 Å². The number of aryl methyl sites for hydroxylation is 3. The van der Waals surface area contributed by atoms with Crippen LogP contribution in [0.4, 0.5) is 0 Å². The van der Waals surface area contributed by atoms with E-state index in [1.54, 1.807) is 6.20 Å². The number of nitrogens with zero attached hydrogens (tertiary/aromatic N) is 5. The van der Waals surface area contributed by atoms with Crippen molar-refractivity contribution in [2.45, 2.75) is 20.8 Å². The van der Waals surface area contributed by atoms with E-state index < -0.39 is 0 Å². The van der Waals surface area contributed by atoms with Crippen LogP contribution in [0.5, 0.6) is 0 Å². The van der Waals surface area contributed by atoms with Crippen LogP contribution in [0.2, 0.25) is 0 Å². The molecule has 1 N–H and O–H groups in total. The van der Waals surface area contributed by atoms with E-state index in [1.165, 1.54) is 6.33 Å². The molecule has 0 atom stereocenters. The van der Waals surface area contributed by atoms with Crippen LogP contribution in [0, 0.1) is 20.8 Å². The molecule has 0 aliphatic rings. The Kier molecular flexibility index (Phi) is 2.98.